The molecule has 1 unspecified atom stereocenters. The van der Waals surface area contributed by atoms with E-state index in [4.69, 9.17) is 9.26 Å². The fourth-order valence-corrected chi connectivity index (χ4v) is 3.06. The van der Waals surface area contributed by atoms with Crippen LogP contribution in [0.15, 0.2) is 47.0 Å². The predicted octanol–water partition coefficient (Wildman–Crippen LogP) is 3.54. The Balaban J connectivity index is 1.55. The number of amides is 1. The summed E-state index contributed by atoms with van der Waals surface area (Å²) in [6.45, 7) is 0.254. The predicted molar refractivity (Wildman–Crippen MR) is 92.4 cm³/mol. The third kappa shape index (κ3) is 3.25. The van der Waals surface area contributed by atoms with Gasteiger partial charge in [-0.2, -0.15) is 4.98 Å². The number of hydrogen-bond donors (Lipinski definition) is 0. The minimum Gasteiger partial charge on any atom is -0.497 e. The summed E-state index contributed by atoms with van der Waals surface area (Å²) in [6, 6.07) is 10.6. The summed E-state index contributed by atoms with van der Waals surface area (Å²) in [5.41, 5.74) is 1.03. The SMILES string of the molecule is COc1cccc(-c2noc(C3CC(=O)N(c4ccc(F)c(F)c4)C3)n2)c1. The van der Waals surface area contributed by atoms with Gasteiger partial charge in [-0.15, -0.1) is 0 Å². The van der Waals surface area contributed by atoms with Crippen LogP contribution < -0.4 is 9.64 Å². The summed E-state index contributed by atoms with van der Waals surface area (Å²) in [7, 11) is 1.57. The summed E-state index contributed by atoms with van der Waals surface area (Å²) in [4.78, 5) is 18.1. The zero-order chi connectivity index (χ0) is 19.0. The van der Waals surface area contributed by atoms with Gasteiger partial charge in [-0.3, -0.25) is 4.79 Å². The lowest BCUT2D eigenvalue weighted by Crippen LogP contribution is -2.24. The Morgan fingerprint density at radius 1 is 1.19 bits per heavy atom. The lowest BCUT2D eigenvalue weighted by atomic mass is 10.1. The van der Waals surface area contributed by atoms with Crippen molar-refractivity contribution in [1.82, 2.24) is 10.1 Å². The normalized spacial score (nSPS) is 16.8. The van der Waals surface area contributed by atoms with Gasteiger partial charge in [0.1, 0.15) is 5.75 Å². The van der Waals surface area contributed by atoms with Crippen molar-refractivity contribution in [2.45, 2.75) is 12.3 Å². The smallest absolute Gasteiger partial charge is 0.232 e. The highest BCUT2D eigenvalue weighted by Gasteiger charge is 2.35. The zero-order valence-electron chi connectivity index (χ0n) is 14.4. The average Bonchev–Trinajstić information content (AvgIpc) is 3.31. The molecule has 6 nitrogen and oxygen atoms in total. The second kappa shape index (κ2) is 6.79. The van der Waals surface area contributed by atoms with E-state index in [1.807, 2.05) is 12.1 Å². The van der Waals surface area contributed by atoms with Crippen LogP contribution in [0.3, 0.4) is 0 Å². The molecule has 8 heteroatoms. The molecule has 0 radical (unpaired) electrons. The van der Waals surface area contributed by atoms with Crippen molar-refractivity contribution in [2.75, 3.05) is 18.6 Å². The van der Waals surface area contributed by atoms with Crippen LogP contribution in [0.4, 0.5) is 14.5 Å². The zero-order valence-corrected chi connectivity index (χ0v) is 14.4. The first-order valence-corrected chi connectivity index (χ1v) is 8.28. The standard InChI is InChI=1S/C19H15F2N3O3/c1-26-14-4-2-3-11(7-14)18-22-19(27-23-18)12-8-17(25)24(10-12)13-5-6-15(20)16(21)9-13/h2-7,9,12H,8,10H2,1H3. The number of rotatable bonds is 4. The molecule has 27 heavy (non-hydrogen) atoms. The number of halogens is 2. The molecule has 0 aliphatic carbocycles. The Morgan fingerprint density at radius 3 is 2.81 bits per heavy atom. The number of ether oxygens (including phenoxy) is 1. The van der Waals surface area contributed by atoms with Crippen LogP contribution in [-0.2, 0) is 4.79 Å². The highest BCUT2D eigenvalue weighted by atomic mass is 19.2. The maximum absolute atomic E-state index is 13.5. The molecule has 1 aromatic heterocycles. The number of nitrogens with zero attached hydrogens (tertiary/aromatic N) is 3. The maximum Gasteiger partial charge on any atom is 0.232 e. The van der Waals surface area contributed by atoms with Gasteiger partial charge in [-0.05, 0) is 24.3 Å². The van der Waals surface area contributed by atoms with E-state index in [2.05, 4.69) is 10.1 Å². The highest BCUT2D eigenvalue weighted by Crippen LogP contribution is 2.32. The van der Waals surface area contributed by atoms with Crippen molar-refractivity contribution in [3.8, 4) is 17.1 Å². The van der Waals surface area contributed by atoms with E-state index in [0.29, 0.717) is 23.2 Å². The van der Waals surface area contributed by atoms with Gasteiger partial charge < -0.3 is 14.2 Å². The monoisotopic (exact) mass is 371 g/mol. The summed E-state index contributed by atoms with van der Waals surface area (Å²) in [5.74, 6) is -1.11. The molecular formula is C19H15F2N3O3. The molecule has 0 spiro atoms. The Labute approximate surface area is 153 Å². The van der Waals surface area contributed by atoms with Gasteiger partial charge in [0.2, 0.25) is 17.6 Å². The number of aromatic nitrogens is 2. The van der Waals surface area contributed by atoms with Crippen LogP contribution >= 0.6 is 0 Å². The van der Waals surface area contributed by atoms with E-state index in [9.17, 15) is 13.6 Å². The molecule has 0 N–H and O–H groups in total. The Bertz CT molecular complexity index is 1010. The van der Waals surface area contributed by atoms with Gasteiger partial charge in [0.25, 0.3) is 0 Å². The van der Waals surface area contributed by atoms with E-state index in [1.165, 1.54) is 11.0 Å². The number of anilines is 1. The lowest BCUT2D eigenvalue weighted by Gasteiger charge is -2.16. The van der Waals surface area contributed by atoms with Crippen LogP contribution in [0.25, 0.3) is 11.4 Å². The topological polar surface area (TPSA) is 68.5 Å². The van der Waals surface area contributed by atoms with Gasteiger partial charge in [0.15, 0.2) is 11.6 Å². The summed E-state index contributed by atoms with van der Waals surface area (Å²) >= 11 is 0. The molecule has 138 valence electrons. The van der Waals surface area contributed by atoms with Crippen LogP contribution in [0.5, 0.6) is 5.75 Å². The maximum atomic E-state index is 13.5. The average molecular weight is 371 g/mol. The fraction of sp³-hybridized carbons (Fsp3) is 0.211. The molecule has 1 saturated heterocycles. The Morgan fingerprint density at radius 2 is 2.04 bits per heavy atom. The fourth-order valence-electron chi connectivity index (χ4n) is 3.06. The molecule has 1 aliphatic rings. The van der Waals surface area contributed by atoms with Crippen molar-refractivity contribution in [1.29, 1.82) is 0 Å². The van der Waals surface area contributed by atoms with Crippen LogP contribution in [0.1, 0.15) is 18.2 Å². The minimum absolute atomic E-state index is 0.152. The van der Waals surface area contributed by atoms with Gasteiger partial charge in [0.05, 0.1) is 13.0 Å². The summed E-state index contributed by atoms with van der Waals surface area (Å²) < 4.78 is 37.1. The lowest BCUT2D eigenvalue weighted by molar-refractivity contribution is -0.117. The van der Waals surface area contributed by atoms with E-state index in [1.54, 1.807) is 19.2 Å². The highest BCUT2D eigenvalue weighted by molar-refractivity contribution is 5.96. The Kier molecular flexibility index (Phi) is 4.31. The summed E-state index contributed by atoms with van der Waals surface area (Å²) in [5, 5.41) is 3.97. The van der Waals surface area contributed by atoms with Crippen molar-refractivity contribution in [3.63, 3.8) is 0 Å². The van der Waals surface area contributed by atoms with Crippen LogP contribution in [-0.4, -0.2) is 29.7 Å². The summed E-state index contributed by atoms with van der Waals surface area (Å²) in [6.07, 6.45) is 0.152. The second-order valence-electron chi connectivity index (χ2n) is 6.19. The quantitative estimate of drug-likeness (QED) is 0.702. The molecule has 1 fully saturated rings. The molecular weight excluding hydrogens is 356 g/mol. The number of carbonyl (C=O) groups excluding carboxylic acids is 1. The third-order valence-electron chi connectivity index (χ3n) is 4.46. The number of carbonyl (C=O) groups is 1. The Hall–Kier alpha value is -3.29. The van der Waals surface area contributed by atoms with E-state index in [-0.39, 0.29) is 24.8 Å². The minimum atomic E-state index is -0.998. The van der Waals surface area contributed by atoms with Crippen LogP contribution in [0, 0.1) is 11.6 Å². The van der Waals surface area contributed by atoms with E-state index in [0.717, 1.165) is 17.7 Å². The van der Waals surface area contributed by atoms with E-state index < -0.39 is 11.6 Å². The van der Waals surface area contributed by atoms with Crippen molar-refractivity contribution in [2.24, 2.45) is 0 Å². The molecule has 1 atom stereocenters. The molecule has 3 aromatic rings. The molecule has 0 bridgehead atoms. The largest absolute Gasteiger partial charge is 0.497 e. The first-order chi connectivity index (χ1) is 13.0. The number of benzene rings is 2. The van der Waals surface area contributed by atoms with Crippen molar-refractivity contribution < 1.29 is 22.8 Å². The first kappa shape index (κ1) is 17.1. The number of methoxy groups -OCH3 is 1. The molecule has 2 aromatic carbocycles. The van der Waals surface area contributed by atoms with Crippen molar-refractivity contribution in [3.05, 3.63) is 60.0 Å². The van der Waals surface area contributed by atoms with Crippen LogP contribution in [0.2, 0.25) is 0 Å². The number of hydrogen-bond acceptors (Lipinski definition) is 5. The van der Waals surface area contributed by atoms with Gasteiger partial charge >= 0.3 is 0 Å². The van der Waals surface area contributed by atoms with E-state index >= 15 is 0 Å². The third-order valence-corrected chi connectivity index (χ3v) is 4.46. The molecule has 1 amide bonds. The van der Waals surface area contributed by atoms with Gasteiger partial charge in [-0.1, -0.05) is 17.3 Å². The first-order valence-electron chi connectivity index (χ1n) is 8.28. The molecule has 0 saturated carbocycles. The molecule has 4 rings (SSSR count). The van der Waals surface area contributed by atoms with Gasteiger partial charge in [0, 0.05) is 30.3 Å². The molecule has 2 heterocycles. The second-order valence-corrected chi connectivity index (χ2v) is 6.19. The molecule has 1 aliphatic heterocycles. The van der Waals surface area contributed by atoms with Gasteiger partial charge in [-0.25, -0.2) is 8.78 Å². The van der Waals surface area contributed by atoms with Crippen molar-refractivity contribution >= 4 is 11.6 Å².